The molecule has 0 aliphatic carbocycles. The maximum Gasteiger partial charge on any atom is 0.266 e. The zero-order chi connectivity index (χ0) is 13.3. The highest BCUT2D eigenvalue weighted by Gasteiger charge is 2.13. The number of rotatable bonds is 1. The number of H-pyrrole nitrogens is 1. The molecule has 0 bridgehead atoms. The third-order valence-corrected chi connectivity index (χ3v) is 3.42. The van der Waals surface area contributed by atoms with Crippen molar-refractivity contribution >= 4 is 27.5 Å². The van der Waals surface area contributed by atoms with Crippen molar-refractivity contribution in [3.05, 3.63) is 55.4 Å². The van der Waals surface area contributed by atoms with Gasteiger partial charge >= 0.3 is 0 Å². The first kappa shape index (κ1) is 12.9. The molecule has 3 nitrogen and oxygen atoms in total. The molecule has 0 spiro atoms. The lowest BCUT2D eigenvalue weighted by Gasteiger charge is -2.08. The van der Waals surface area contributed by atoms with Crippen molar-refractivity contribution in [2.75, 3.05) is 0 Å². The molecule has 0 radical (unpaired) electrons. The van der Waals surface area contributed by atoms with Crippen molar-refractivity contribution in [1.29, 1.82) is 5.26 Å². The first-order valence-corrected chi connectivity index (χ1v) is 6.29. The van der Waals surface area contributed by atoms with Crippen LogP contribution in [0.5, 0.6) is 0 Å². The SMILES string of the molecule is Cc1cc(-c2cc(Cl)ccc2Br)c(C#N)c(=O)[nH]1. The largest absolute Gasteiger partial charge is 0.325 e. The summed E-state index contributed by atoms with van der Waals surface area (Å²) in [6.45, 7) is 1.77. The summed E-state index contributed by atoms with van der Waals surface area (Å²) in [4.78, 5) is 14.3. The summed E-state index contributed by atoms with van der Waals surface area (Å²) in [6.07, 6.45) is 0. The lowest BCUT2D eigenvalue weighted by Crippen LogP contribution is -2.12. The van der Waals surface area contributed by atoms with Crippen LogP contribution in [0.3, 0.4) is 0 Å². The molecule has 0 fully saturated rings. The molecule has 1 aromatic carbocycles. The zero-order valence-electron chi connectivity index (χ0n) is 9.42. The first-order valence-electron chi connectivity index (χ1n) is 5.12. The second-order valence-electron chi connectivity index (χ2n) is 3.81. The number of aromatic nitrogens is 1. The van der Waals surface area contributed by atoms with Crippen LogP contribution in [0.4, 0.5) is 0 Å². The minimum Gasteiger partial charge on any atom is -0.325 e. The molecule has 0 unspecified atom stereocenters. The Bertz CT molecular complexity index is 716. The number of pyridine rings is 1. The fraction of sp³-hybridized carbons (Fsp3) is 0.0769. The normalized spacial score (nSPS) is 10.1. The van der Waals surface area contributed by atoms with Gasteiger partial charge in [-0.25, -0.2) is 0 Å². The Balaban J connectivity index is 2.83. The summed E-state index contributed by atoms with van der Waals surface area (Å²) < 4.78 is 0.786. The topological polar surface area (TPSA) is 56.6 Å². The molecular weight excluding hydrogens is 316 g/mol. The molecule has 5 heteroatoms. The monoisotopic (exact) mass is 322 g/mol. The number of benzene rings is 1. The van der Waals surface area contributed by atoms with E-state index in [1.54, 1.807) is 31.2 Å². The zero-order valence-corrected chi connectivity index (χ0v) is 11.8. The van der Waals surface area contributed by atoms with Crippen LogP contribution in [0.25, 0.3) is 11.1 Å². The molecule has 1 heterocycles. The quantitative estimate of drug-likeness (QED) is 0.871. The molecule has 1 N–H and O–H groups in total. The number of nitriles is 1. The van der Waals surface area contributed by atoms with Gasteiger partial charge in [0, 0.05) is 20.8 Å². The first-order chi connectivity index (χ1) is 8.52. The third kappa shape index (κ3) is 2.33. The second-order valence-corrected chi connectivity index (χ2v) is 5.10. The van der Waals surface area contributed by atoms with E-state index in [0.29, 0.717) is 16.3 Å². The molecule has 0 saturated carbocycles. The van der Waals surface area contributed by atoms with Crippen molar-refractivity contribution in [3.8, 4) is 17.2 Å². The van der Waals surface area contributed by atoms with Crippen LogP contribution >= 0.6 is 27.5 Å². The Morgan fingerprint density at radius 1 is 1.33 bits per heavy atom. The van der Waals surface area contributed by atoms with E-state index in [2.05, 4.69) is 20.9 Å². The van der Waals surface area contributed by atoms with E-state index in [9.17, 15) is 4.79 Å². The van der Waals surface area contributed by atoms with Crippen molar-refractivity contribution in [2.45, 2.75) is 6.92 Å². The Kier molecular flexibility index (Phi) is 3.55. The van der Waals surface area contributed by atoms with Gasteiger partial charge in [-0.1, -0.05) is 27.5 Å². The molecule has 2 aromatic rings. The van der Waals surface area contributed by atoms with Crippen molar-refractivity contribution in [1.82, 2.24) is 4.98 Å². The van der Waals surface area contributed by atoms with Gasteiger partial charge < -0.3 is 4.98 Å². The maximum atomic E-state index is 11.7. The summed E-state index contributed by atoms with van der Waals surface area (Å²) >= 11 is 9.35. The van der Waals surface area contributed by atoms with Gasteiger partial charge in [0.1, 0.15) is 11.6 Å². The Labute approximate surface area is 117 Å². The van der Waals surface area contributed by atoms with E-state index >= 15 is 0 Å². The van der Waals surface area contributed by atoms with Gasteiger partial charge in [0.2, 0.25) is 0 Å². The van der Waals surface area contributed by atoms with E-state index in [1.807, 2.05) is 6.07 Å². The molecule has 18 heavy (non-hydrogen) atoms. The number of hydrogen-bond donors (Lipinski definition) is 1. The number of hydrogen-bond acceptors (Lipinski definition) is 2. The summed E-state index contributed by atoms with van der Waals surface area (Å²) in [6, 6.07) is 8.94. The Morgan fingerprint density at radius 3 is 2.72 bits per heavy atom. The second kappa shape index (κ2) is 4.97. The summed E-state index contributed by atoms with van der Waals surface area (Å²) in [5.74, 6) is 0. The van der Waals surface area contributed by atoms with Gasteiger partial charge in [0.25, 0.3) is 5.56 Å². The average molecular weight is 324 g/mol. The fourth-order valence-corrected chi connectivity index (χ4v) is 2.35. The fourth-order valence-electron chi connectivity index (χ4n) is 1.72. The Hall–Kier alpha value is -1.57. The van der Waals surface area contributed by atoms with E-state index in [1.165, 1.54) is 0 Å². The molecule has 0 amide bonds. The lowest BCUT2D eigenvalue weighted by molar-refractivity contribution is 1.13. The molecular formula is C13H8BrClN2O. The summed E-state index contributed by atoms with van der Waals surface area (Å²) in [7, 11) is 0. The van der Waals surface area contributed by atoms with Crippen LogP contribution in [0.2, 0.25) is 5.02 Å². The van der Waals surface area contributed by atoms with E-state index in [-0.39, 0.29) is 11.1 Å². The van der Waals surface area contributed by atoms with Gasteiger partial charge in [-0.15, -0.1) is 0 Å². The molecule has 0 aliphatic rings. The number of nitrogens with one attached hydrogen (secondary N) is 1. The molecule has 90 valence electrons. The van der Waals surface area contributed by atoms with Crippen molar-refractivity contribution in [3.63, 3.8) is 0 Å². The predicted molar refractivity (Wildman–Crippen MR) is 74.7 cm³/mol. The van der Waals surface area contributed by atoms with Crippen LogP contribution < -0.4 is 5.56 Å². The summed E-state index contributed by atoms with van der Waals surface area (Å²) in [5.41, 5.74) is 1.70. The lowest BCUT2D eigenvalue weighted by atomic mass is 10.0. The van der Waals surface area contributed by atoms with Gasteiger partial charge in [-0.3, -0.25) is 4.79 Å². The third-order valence-electron chi connectivity index (χ3n) is 2.50. The summed E-state index contributed by atoms with van der Waals surface area (Å²) in [5, 5.41) is 9.64. The van der Waals surface area contributed by atoms with E-state index in [0.717, 1.165) is 10.0 Å². The van der Waals surface area contributed by atoms with Crippen molar-refractivity contribution < 1.29 is 0 Å². The standard InChI is InChI=1S/C13H8BrClN2O/c1-7-4-9(11(6-16)13(18)17-7)10-5-8(15)2-3-12(10)14/h2-5H,1H3,(H,17,18). The molecule has 0 aliphatic heterocycles. The van der Waals surface area contributed by atoms with Crippen LogP contribution in [-0.4, -0.2) is 4.98 Å². The number of nitrogens with zero attached hydrogens (tertiary/aromatic N) is 1. The highest BCUT2D eigenvalue weighted by atomic mass is 79.9. The molecule has 0 saturated heterocycles. The van der Waals surface area contributed by atoms with Crippen molar-refractivity contribution in [2.24, 2.45) is 0 Å². The van der Waals surface area contributed by atoms with Crippen LogP contribution in [0.1, 0.15) is 11.3 Å². The number of halogens is 2. The van der Waals surface area contributed by atoms with Gasteiger partial charge in [-0.05, 0) is 36.8 Å². The average Bonchev–Trinajstić information content (AvgIpc) is 2.31. The molecule has 1 aromatic heterocycles. The minimum absolute atomic E-state index is 0.0866. The van der Waals surface area contributed by atoms with Crippen LogP contribution in [0.15, 0.2) is 33.5 Å². The van der Waals surface area contributed by atoms with Crippen LogP contribution in [0, 0.1) is 18.3 Å². The number of aryl methyl sites for hydroxylation is 1. The van der Waals surface area contributed by atoms with Gasteiger partial charge in [-0.2, -0.15) is 5.26 Å². The highest BCUT2D eigenvalue weighted by molar-refractivity contribution is 9.10. The van der Waals surface area contributed by atoms with Gasteiger partial charge in [0.15, 0.2) is 0 Å². The minimum atomic E-state index is -0.389. The molecule has 2 rings (SSSR count). The van der Waals surface area contributed by atoms with E-state index in [4.69, 9.17) is 16.9 Å². The van der Waals surface area contributed by atoms with E-state index < -0.39 is 0 Å². The highest BCUT2D eigenvalue weighted by Crippen LogP contribution is 2.32. The van der Waals surface area contributed by atoms with Gasteiger partial charge in [0.05, 0.1) is 0 Å². The number of aromatic amines is 1. The maximum absolute atomic E-state index is 11.7. The predicted octanol–water partition coefficient (Wildman–Crippen LogP) is 3.64. The molecule has 0 atom stereocenters. The van der Waals surface area contributed by atoms with Crippen LogP contribution in [-0.2, 0) is 0 Å². The smallest absolute Gasteiger partial charge is 0.266 e. The Morgan fingerprint density at radius 2 is 2.06 bits per heavy atom.